The molecule has 5 rings (SSSR count). The summed E-state index contributed by atoms with van der Waals surface area (Å²) in [6, 6.07) is 16.1. The van der Waals surface area contributed by atoms with Crippen molar-refractivity contribution in [1.29, 1.82) is 0 Å². The lowest BCUT2D eigenvalue weighted by Gasteiger charge is -2.63. The van der Waals surface area contributed by atoms with Gasteiger partial charge in [0.1, 0.15) is 12.2 Å². The number of likely N-dealkylation sites (tertiary alicyclic amines) is 2. The predicted octanol–water partition coefficient (Wildman–Crippen LogP) is 5.83. The van der Waals surface area contributed by atoms with Gasteiger partial charge in [0.05, 0.1) is 23.2 Å². The average molecular weight is 733 g/mol. The van der Waals surface area contributed by atoms with Crippen LogP contribution in [0.15, 0.2) is 48.5 Å². The van der Waals surface area contributed by atoms with Crippen LogP contribution in [-0.2, 0) is 45.2 Å². The number of amides is 4. The van der Waals surface area contributed by atoms with E-state index < -0.39 is 23.0 Å². The van der Waals surface area contributed by atoms with E-state index in [0.717, 1.165) is 54.7 Å². The Hall–Kier alpha value is -4.16. The molecule has 12 nitrogen and oxygen atoms in total. The number of carbonyl (C=O) groups excluding carboxylic acids is 4. The zero-order valence-electron chi connectivity index (χ0n) is 33.1. The Morgan fingerprint density at radius 2 is 1.17 bits per heavy atom. The summed E-state index contributed by atoms with van der Waals surface area (Å²) in [5.41, 5.74) is 2.86. The standard InChI is InChI=1S/C41H60N6O6/c1-10-28(4)52-38(50)42-22-30-14-12-16-32(20-30)25-46-34(40(6,7)36(46)48)44-18-19-45(27(3)24-44)35-41(8,9)37(49)47(35)26-33-17-13-15-31(21-33)23-43-39(51)53-29(5)11-2/h12-17,20-21,27-29,34-35H,10-11,18-19,22-26H2,1-9H3,(H,42,50)(H,43,51). The van der Waals surface area contributed by atoms with E-state index in [1.165, 1.54) is 0 Å². The van der Waals surface area contributed by atoms with Crippen LogP contribution in [-0.4, -0.2) is 93.8 Å². The lowest BCUT2D eigenvalue weighted by atomic mass is 9.75. The Morgan fingerprint density at radius 3 is 1.62 bits per heavy atom. The Bertz CT molecular complexity index is 1650. The number of β-lactam (4-membered cyclic amide) rings is 2. The maximum absolute atomic E-state index is 13.5. The van der Waals surface area contributed by atoms with Gasteiger partial charge in [0.15, 0.2) is 0 Å². The van der Waals surface area contributed by atoms with Crippen LogP contribution in [0.5, 0.6) is 0 Å². The molecule has 0 radical (unpaired) electrons. The first-order valence-corrected chi connectivity index (χ1v) is 19.2. The van der Waals surface area contributed by atoms with Gasteiger partial charge in [-0.3, -0.25) is 19.4 Å². The molecule has 0 aromatic heterocycles. The van der Waals surface area contributed by atoms with Gasteiger partial charge in [0.25, 0.3) is 0 Å². The first-order valence-electron chi connectivity index (χ1n) is 19.2. The quantitative estimate of drug-likeness (QED) is 0.233. The molecule has 0 aliphatic carbocycles. The molecule has 0 saturated carbocycles. The van der Waals surface area contributed by atoms with Gasteiger partial charge in [0, 0.05) is 51.9 Å². The van der Waals surface area contributed by atoms with Gasteiger partial charge in [0.2, 0.25) is 11.8 Å². The molecule has 3 aliphatic rings. The minimum absolute atomic E-state index is 0.0576. The molecule has 3 fully saturated rings. The van der Waals surface area contributed by atoms with E-state index in [1.807, 2.05) is 114 Å². The van der Waals surface area contributed by atoms with Crippen molar-refractivity contribution in [3.63, 3.8) is 0 Å². The summed E-state index contributed by atoms with van der Waals surface area (Å²) in [6.45, 7) is 22.0. The fourth-order valence-corrected chi connectivity index (χ4v) is 8.01. The Kier molecular flexibility index (Phi) is 12.4. The number of nitrogens with zero attached hydrogens (tertiary/aromatic N) is 4. The molecule has 3 heterocycles. The Morgan fingerprint density at radius 1 is 0.736 bits per heavy atom. The minimum Gasteiger partial charge on any atom is -0.447 e. The molecule has 0 spiro atoms. The molecule has 4 amide bonds. The number of hydrogen-bond donors (Lipinski definition) is 2. The molecule has 53 heavy (non-hydrogen) atoms. The van der Waals surface area contributed by atoms with E-state index in [1.54, 1.807) is 0 Å². The van der Waals surface area contributed by atoms with Gasteiger partial charge >= 0.3 is 12.2 Å². The lowest BCUT2D eigenvalue weighted by molar-refractivity contribution is -0.209. The molecule has 2 aromatic rings. The molecule has 2 aromatic carbocycles. The molecule has 290 valence electrons. The molecule has 5 atom stereocenters. The van der Waals surface area contributed by atoms with Gasteiger partial charge in [-0.05, 0) is 83.6 Å². The predicted molar refractivity (Wildman–Crippen MR) is 203 cm³/mol. The van der Waals surface area contributed by atoms with Crippen LogP contribution >= 0.6 is 0 Å². The molecule has 3 saturated heterocycles. The van der Waals surface area contributed by atoms with Crippen LogP contribution < -0.4 is 10.6 Å². The van der Waals surface area contributed by atoms with E-state index in [-0.39, 0.29) is 42.4 Å². The van der Waals surface area contributed by atoms with E-state index in [0.29, 0.717) is 26.2 Å². The molecule has 2 N–H and O–H groups in total. The maximum Gasteiger partial charge on any atom is 0.407 e. The van der Waals surface area contributed by atoms with Crippen molar-refractivity contribution in [2.24, 2.45) is 10.8 Å². The number of piperazine rings is 1. The highest BCUT2D eigenvalue weighted by Crippen LogP contribution is 2.45. The zero-order chi connectivity index (χ0) is 38.7. The number of rotatable bonds is 14. The highest BCUT2D eigenvalue weighted by Gasteiger charge is 2.60. The van der Waals surface area contributed by atoms with Crippen LogP contribution in [0.2, 0.25) is 0 Å². The number of carbonyl (C=O) groups is 4. The van der Waals surface area contributed by atoms with Crippen molar-refractivity contribution >= 4 is 24.0 Å². The Balaban J connectivity index is 1.21. The zero-order valence-corrected chi connectivity index (χ0v) is 33.1. The van der Waals surface area contributed by atoms with Gasteiger partial charge in [-0.25, -0.2) is 9.59 Å². The molecule has 12 heteroatoms. The molecular weight excluding hydrogens is 672 g/mol. The van der Waals surface area contributed by atoms with Crippen molar-refractivity contribution in [3.05, 3.63) is 70.8 Å². The first kappa shape index (κ1) is 40.0. The highest BCUT2D eigenvalue weighted by atomic mass is 16.6. The molecular formula is C41H60N6O6. The topological polar surface area (TPSA) is 124 Å². The highest BCUT2D eigenvalue weighted by molar-refractivity contribution is 5.90. The second-order valence-electron chi connectivity index (χ2n) is 16.2. The fourth-order valence-electron chi connectivity index (χ4n) is 8.01. The van der Waals surface area contributed by atoms with Crippen molar-refractivity contribution in [1.82, 2.24) is 30.2 Å². The fraction of sp³-hybridized carbons (Fsp3) is 0.610. The SMILES string of the molecule is CCC(C)OC(=O)NCc1cccc(CN2C(=O)C(C)(C)C2N2CCN(C3N(Cc4cccc(CNC(=O)OC(C)CC)c4)C(=O)C3(C)C)C(C)C2)c1. The van der Waals surface area contributed by atoms with E-state index >= 15 is 0 Å². The number of alkyl carbamates (subject to hydrolysis) is 2. The number of hydrogen-bond acceptors (Lipinski definition) is 8. The van der Waals surface area contributed by atoms with Crippen LogP contribution in [0.1, 0.15) is 97.4 Å². The summed E-state index contributed by atoms with van der Waals surface area (Å²) in [5, 5.41) is 5.66. The largest absolute Gasteiger partial charge is 0.447 e. The summed E-state index contributed by atoms with van der Waals surface area (Å²) in [6.07, 6.45) is 0.230. The lowest BCUT2D eigenvalue weighted by Crippen LogP contribution is -2.78. The van der Waals surface area contributed by atoms with E-state index in [2.05, 4.69) is 27.4 Å². The summed E-state index contributed by atoms with van der Waals surface area (Å²) in [7, 11) is 0. The van der Waals surface area contributed by atoms with E-state index in [9.17, 15) is 19.2 Å². The summed E-state index contributed by atoms with van der Waals surface area (Å²) < 4.78 is 10.7. The summed E-state index contributed by atoms with van der Waals surface area (Å²) in [4.78, 5) is 60.2. The Labute approximate surface area is 315 Å². The van der Waals surface area contributed by atoms with Gasteiger partial charge in [-0.15, -0.1) is 0 Å². The van der Waals surface area contributed by atoms with Crippen LogP contribution in [0.3, 0.4) is 0 Å². The average Bonchev–Trinajstić information content (AvgIpc) is 3.13. The second-order valence-corrected chi connectivity index (χ2v) is 16.2. The van der Waals surface area contributed by atoms with Crippen molar-refractivity contribution in [2.45, 2.75) is 132 Å². The van der Waals surface area contributed by atoms with Crippen molar-refractivity contribution in [3.8, 4) is 0 Å². The third kappa shape index (κ3) is 8.81. The smallest absolute Gasteiger partial charge is 0.407 e. The molecule has 3 aliphatic heterocycles. The van der Waals surface area contributed by atoms with Crippen LogP contribution in [0.4, 0.5) is 9.59 Å². The number of nitrogens with one attached hydrogen (secondary N) is 2. The van der Waals surface area contributed by atoms with E-state index in [4.69, 9.17) is 9.47 Å². The molecule has 0 bridgehead atoms. The first-order chi connectivity index (χ1) is 25.1. The second kappa shape index (κ2) is 16.5. The summed E-state index contributed by atoms with van der Waals surface area (Å²) in [5.74, 6) is 0.250. The van der Waals surface area contributed by atoms with Crippen molar-refractivity contribution in [2.75, 3.05) is 19.6 Å². The van der Waals surface area contributed by atoms with Gasteiger partial charge in [-0.1, -0.05) is 62.4 Å². The van der Waals surface area contributed by atoms with Gasteiger partial charge in [-0.2, -0.15) is 0 Å². The maximum atomic E-state index is 13.5. The number of ether oxygens (including phenoxy) is 2. The third-order valence-corrected chi connectivity index (χ3v) is 11.2. The monoisotopic (exact) mass is 732 g/mol. The minimum atomic E-state index is -0.530. The van der Waals surface area contributed by atoms with Crippen LogP contribution in [0, 0.1) is 10.8 Å². The summed E-state index contributed by atoms with van der Waals surface area (Å²) >= 11 is 0. The van der Waals surface area contributed by atoms with Crippen molar-refractivity contribution < 1.29 is 28.7 Å². The third-order valence-electron chi connectivity index (χ3n) is 11.2. The normalized spacial score (nSPS) is 23.8. The van der Waals surface area contributed by atoms with Crippen LogP contribution in [0.25, 0.3) is 0 Å². The van der Waals surface area contributed by atoms with Gasteiger partial charge < -0.3 is 29.9 Å². The molecule has 5 unspecified atom stereocenters. The number of benzene rings is 2.